The van der Waals surface area contributed by atoms with Crippen LogP contribution in [0.3, 0.4) is 0 Å². The van der Waals surface area contributed by atoms with Gasteiger partial charge in [0.15, 0.2) is 0 Å². The van der Waals surface area contributed by atoms with Crippen LogP contribution < -0.4 is 4.74 Å². The maximum atomic E-state index is 8.46. The van der Waals surface area contributed by atoms with Gasteiger partial charge in [-0.3, -0.25) is 0 Å². The zero-order valence-corrected chi connectivity index (χ0v) is 12.3. The number of halogens is 1. The van der Waals surface area contributed by atoms with E-state index >= 15 is 0 Å². The molecule has 2 rings (SSSR count). The molecule has 0 fully saturated rings. The van der Waals surface area contributed by atoms with Gasteiger partial charge in [0.05, 0.1) is 3.57 Å². The first-order valence-corrected chi connectivity index (χ1v) is 6.77. The van der Waals surface area contributed by atoms with Crippen LogP contribution in [0.4, 0.5) is 0 Å². The molecule has 0 unspecified atom stereocenters. The molecule has 2 aromatic rings. The second kappa shape index (κ2) is 7.04. The number of aliphatic hydroxyl groups excluding tert-OH is 1. The third-order valence-corrected chi connectivity index (χ3v) is 3.56. The van der Waals surface area contributed by atoms with E-state index in [1.807, 2.05) is 24.3 Å². The zero-order chi connectivity index (χ0) is 13.5. The zero-order valence-electron chi connectivity index (χ0n) is 10.1. The first-order chi connectivity index (χ1) is 9.33. The third-order valence-electron chi connectivity index (χ3n) is 2.45. The van der Waals surface area contributed by atoms with Gasteiger partial charge in [-0.2, -0.15) is 0 Å². The summed E-state index contributed by atoms with van der Waals surface area (Å²) in [5, 5.41) is 10.8. The Morgan fingerprint density at radius 1 is 1.05 bits per heavy atom. The normalized spacial score (nSPS) is 9.16. The molecule has 0 spiro atoms. The van der Waals surface area contributed by atoms with Gasteiger partial charge in [0.1, 0.15) is 19.0 Å². The number of benzene rings is 2. The maximum absolute atomic E-state index is 8.46. The number of hydrogen-bond acceptors (Lipinski definition) is 2. The standard InChI is InChI=1S/C16H11IO2/c17-16-14-8-4-3-7-13(14)9-10-15(16)19-12-6-2-1-5-11-18/h3-4,7-10,18H,11-12H2. The van der Waals surface area contributed by atoms with Gasteiger partial charge in [0.25, 0.3) is 0 Å². The maximum Gasteiger partial charge on any atom is 0.150 e. The highest BCUT2D eigenvalue weighted by atomic mass is 127. The molecule has 0 saturated carbocycles. The average molecular weight is 362 g/mol. The SMILES string of the molecule is OCC#CC#CCOc1ccc2ccccc2c1I. The number of fused-ring (bicyclic) bond motifs is 1. The van der Waals surface area contributed by atoms with Crippen molar-refractivity contribution in [2.24, 2.45) is 0 Å². The fourth-order valence-electron chi connectivity index (χ4n) is 1.60. The Balaban J connectivity index is 2.12. The van der Waals surface area contributed by atoms with Crippen LogP contribution in [-0.2, 0) is 0 Å². The topological polar surface area (TPSA) is 29.5 Å². The average Bonchev–Trinajstić information content (AvgIpc) is 2.45. The van der Waals surface area contributed by atoms with Crippen molar-refractivity contribution in [1.29, 1.82) is 0 Å². The molecule has 1 N–H and O–H groups in total. The second-order valence-corrected chi connectivity index (χ2v) is 4.73. The summed E-state index contributed by atoms with van der Waals surface area (Å²) in [4.78, 5) is 0. The molecule has 94 valence electrons. The summed E-state index contributed by atoms with van der Waals surface area (Å²) in [6, 6.07) is 12.2. The number of aliphatic hydroxyl groups is 1. The lowest BCUT2D eigenvalue weighted by Gasteiger charge is -2.07. The summed E-state index contributed by atoms with van der Waals surface area (Å²) in [6.45, 7) is 0.118. The molecule has 0 aliphatic heterocycles. The Labute approximate surface area is 125 Å². The second-order valence-electron chi connectivity index (χ2n) is 3.65. The molecule has 0 amide bonds. The fourth-order valence-corrected chi connectivity index (χ4v) is 2.43. The van der Waals surface area contributed by atoms with Gasteiger partial charge in [0.2, 0.25) is 0 Å². The van der Waals surface area contributed by atoms with Crippen molar-refractivity contribution in [2.75, 3.05) is 13.2 Å². The summed E-state index contributed by atoms with van der Waals surface area (Å²) in [5.41, 5.74) is 0. The van der Waals surface area contributed by atoms with Crippen molar-refractivity contribution in [3.8, 4) is 29.4 Å². The van der Waals surface area contributed by atoms with Gasteiger partial charge >= 0.3 is 0 Å². The van der Waals surface area contributed by atoms with Crippen molar-refractivity contribution in [3.05, 3.63) is 40.0 Å². The lowest BCUT2D eigenvalue weighted by Crippen LogP contribution is -1.96. The van der Waals surface area contributed by atoms with Crippen LogP contribution in [0.15, 0.2) is 36.4 Å². The molecule has 2 nitrogen and oxygen atoms in total. The first-order valence-electron chi connectivity index (χ1n) is 5.69. The van der Waals surface area contributed by atoms with E-state index in [-0.39, 0.29) is 13.2 Å². The largest absolute Gasteiger partial charge is 0.480 e. The lowest BCUT2D eigenvalue weighted by molar-refractivity contribution is 0.350. The van der Waals surface area contributed by atoms with Crippen LogP contribution in [0.2, 0.25) is 0 Å². The predicted molar refractivity (Wildman–Crippen MR) is 84.8 cm³/mol. The quantitative estimate of drug-likeness (QED) is 0.658. The minimum absolute atomic E-state index is 0.169. The highest BCUT2D eigenvalue weighted by Gasteiger charge is 2.04. The van der Waals surface area contributed by atoms with Crippen molar-refractivity contribution in [2.45, 2.75) is 0 Å². The minimum Gasteiger partial charge on any atom is -0.480 e. The van der Waals surface area contributed by atoms with E-state index in [0.717, 1.165) is 9.32 Å². The summed E-state index contributed by atoms with van der Waals surface area (Å²) in [6.07, 6.45) is 0. The van der Waals surface area contributed by atoms with Crippen LogP contribution >= 0.6 is 22.6 Å². The van der Waals surface area contributed by atoms with E-state index in [4.69, 9.17) is 9.84 Å². The molecular weight excluding hydrogens is 351 g/mol. The highest BCUT2D eigenvalue weighted by molar-refractivity contribution is 14.1. The lowest BCUT2D eigenvalue weighted by atomic mass is 10.1. The van der Waals surface area contributed by atoms with E-state index in [1.54, 1.807) is 0 Å². The Hall–Kier alpha value is -1.69. The predicted octanol–water partition coefficient (Wildman–Crippen LogP) is 2.82. The van der Waals surface area contributed by atoms with Crippen LogP contribution in [0, 0.1) is 27.3 Å². The van der Waals surface area contributed by atoms with Gasteiger partial charge in [0, 0.05) is 0 Å². The third kappa shape index (κ3) is 3.64. The van der Waals surface area contributed by atoms with Crippen molar-refractivity contribution >= 4 is 33.4 Å². The Bertz CT molecular complexity index is 699. The van der Waals surface area contributed by atoms with E-state index in [1.165, 1.54) is 10.8 Å². The molecule has 3 heteroatoms. The molecule has 0 radical (unpaired) electrons. The summed E-state index contributed by atoms with van der Waals surface area (Å²) in [7, 11) is 0. The molecule has 0 aliphatic rings. The molecule has 2 aromatic carbocycles. The van der Waals surface area contributed by atoms with Gasteiger partial charge in [-0.1, -0.05) is 36.3 Å². The number of ether oxygens (including phenoxy) is 1. The van der Waals surface area contributed by atoms with Crippen molar-refractivity contribution in [1.82, 2.24) is 0 Å². The summed E-state index contributed by atoms with van der Waals surface area (Å²) in [5.74, 6) is 11.2. The van der Waals surface area contributed by atoms with Crippen LogP contribution in [0.25, 0.3) is 10.8 Å². The first kappa shape index (κ1) is 13.7. The van der Waals surface area contributed by atoms with Crippen LogP contribution in [0.5, 0.6) is 5.75 Å². The highest BCUT2D eigenvalue weighted by Crippen LogP contribution is 2.29. The van der Waals surface area contributed by atoms with E-state index in [2.05, 4.69) is 58.4 Å². The van der Waals surface area contributed by atoms with Crippen molar-refractivity contribution in [3.63, 3.8) is 0 Å². The van der Waals surface area contributed by atoms with Gasteiger partial charge < -0.3 is 9.84 Å². The summed E-state index contributed by atoms with van der Waals surface area (Å²) < 4.78 is 6.70. The molecule has 0 bridgehead atoms. The molecule has 0 heterocycles. The Kier molecular flexibility index (Phi) is 5.09. The molecule has 0 aliphatic carbocycles. The van der Waals surface area contributed by atoms with Gasteiger partial charge in [-0.05, 0) is 57.2 Å². The fraction of sp³-hybridized carbons (Fsp3) is 0.125. The van der Waals surface area contributed by atoms with E-state index < -0.39 is 0 Å². The van der Waals surface area contributed by atoms with E-state index in [0.29, 0.717) is 0 Å². The Morgan fingerprint density at radius 3 is 2.68 bits per heavy atom. The number of rotatable bonds is 2. The smallest absolute Gasteiger partial charge is 0.150 e. The minimum atomic E-state index is -0.169. The summed E-state index contributed by atoms with van der Waals surface area (Å²) >= 11 is 2.28. The van der Waals surface area contributed by atoms with Crippen LogP contribution in [0.1, 0.15) is 0 Å². The number of hydrogen-bond donors (Lipinski definition) is 1. The molecule has 0 atom stereocenters. The van der Waals surface area contributed by atoms with E-state index in [9.17, 15) is 0 Å². The molecule has 0 saturated heterocycles. The van der Waals surface area contributed by atoms with Gasteiger partial charge in [-0.25, -0.2) is 0 Å². The molecular formula is C16H11IO2. The van der Waals surface area contributed by atoms with Gasteiger partial charge in [-0.15, -0.1) is 0 Å². The monoisotopic (exact) mass is 362 g/mol. The Morgan fingerprint density at radius 2 is 1.84 bits per heavy atom. The molecule has 0 aromatic heterocycles. The van der Waals surface area contributed by atoms with Crippen molar-refractivity contribution < 1.29 is 9.84 Å². The molecule has 19 heavy (non-hydrogen) atoms. The van der Waals surface area contributed by atoms with Crippen LogP contribution in [-0.4, -0.2) is 18.3 Å².